The van der Waals surface area contributed by atoms with E-state index in [9.17, 15) is 0 Å². The normalized spacial score (nSPS) is 10.0. The van der Waals surface area contributed by atoms with Gasteiger partial charge in [0.05, 0.1) is 6.07 Å². The minimum absolute atomic E-state index is 0.357. The summed E-state index contributed by atoms with van der Waals surface area (Å²) in [4.78, 5) is 0. The van der Waals surface area contributed by atoms with Gasteiger partial charge in [0.1, 0.15) is 6.54 Å². The highest BCUT2D eigenvalue weighted by Crippen LogP contribution is 1.83. The Labute approximate surface area is 55.5 Å². The molecule has 2 nitrogen and oxygen atoms in total. The summed E-state index contributed by atoms with van der Waals surface area (Å²) in [5.41, 5.74) is 0.964. The molecule has 0 aromatic heterocycles. The van der Waals surface area contributed by atoms with Crippen molar-refractivity contribution in [1.29, 1.82) is 5.26 Å². The van der Waals surface area contributed by atoms with E-state index in [4.69, 9.17) is 5.26 Å². The van der Waals surface area contributed by atoms with Crippen molar-refractivity contribution >= 4 is 0 Å². The third-order valence-corrected chi connectivity index (χ3v) is 0.814. The topological polar surface area (TPSA) is 35.8 Å². The second kappa shape index (κ2) is 4.92. The molecule has 48 valence electrons. The number of hydrogen-bond donors (Lipinski definition) is 1. The van der Waals surface area contributed by atoms with Crippen LogP contribution >= 0.6 is 0 Å². The number of nitriles is 1. The van der Waals surface area contributed by atoms with E-state index in [0.717, 1.165) is 5.70 Å². The van der Waals surface area contributed by atoms with Crippen LogP contribution in [0.3, 0.4) is 0 Å². The molecule has 9 heavy (non-hydrogen) atoms. The van der Waals surface area contributed by atoms with Crippen molar-refractivity contribution in [3.05, 3.63) is 24.4 Å². The van der Waals surface area contributed by atoms with Crippen molar-refractivity contribution in [2.75, 3.05) is 6.54 Å². The summed E-state index contributed by atoms with van der Waals surface area (Å²) in [6.07, 6.45) is 3.50. The van der Waals surface area contributed by atoms with Gasteiger partial charge in [0.25, 0.3) is 0 Å². The molecule has 0 unspecified atom stereocenters. The van der Waals surface area contributed by atoms with E-state index in [-0.39, 0.29) is 0 Å². The zero-order valence-corrected chi connectivity index (χ0v) is 5.52. The Morgan fingerprint density at radius 1 is 1.89 bits per heavy atom. The Morgan fingerprint density at radius 3 is 3.00 bits per heavy atom. The molecule has 0 amide bonds. The molecule has 0 bridgehead atoms. The molecule has 0 saturated heterocycles. The van der Waals surface area contributed by atoms with Crippen LogP contribution in [0, 0.1) is 11.3 Å². The average Bonchev–Trinajstić information content (AvgIpc) is 1.85. The Bertz CT molecular complexity index is 151. The molecular formula is C7H10N2. The maximum Gasteiger partial charge on any atom is 0.103 e. The average molecular weight is 122 g/mol. The van der Waals surface area contributed by atoms with Crippen LogP contribution in [0.1, 0.15) is 6.92 Å². The zero-order valence-electron chi connectivity index (χ0n) is 5.52. The van der Waals surface area contributed by atoms with Crippen LogP contribution in [-0.4, -0.2) is 6.54 Å². The first-order valence-corrected chi connectivity index (χ1v) is 2.71. The summed E-state index contributed by atoms with van der Waals surface area (Å²) in [6.45, 7) is 5.75. The molecule has 0 radical (unpaired) electrons. The third-order valence-electron chi connectivity index (χ3n) is 0.814. The maximum atomic E-state index is 8.12. The number of hydrogen-bond acceptors (Lipinski definition) is 2. The Morgan fingerprint density at radius 2 is 2.56 bits per heavy atom. The standard InChI is InChI=1S/C7H10N2/c1-3-4-7(2)9-6-5-8/h3-4,9H,1,6H2,2H3/b7-4-. The van der Waals surface area contributed by atoms with Gasteiger partial charge in [-0.15, -0.1) is 0 Å². The molecule has 0 atom stereocenters. The highest BCUT2D eigenvalue weighted by atomic mass is 14.9. The Balaban J connectivity index is 3.51. The number of rotatable bonds is 3. The van der Waals surface area contributed by atoms with E-state index >= 15 is 0 Å². The molecular weight excluding hydrogens is 112 g/mol. The molecule has 0 heterocycles. The van der Waals surface area contributed by atoms with Crippen LogP contribution in [0.15, 0.2) is 24.4 Å². The highest BCUT2D eigenvalue weighted by molar-refractivity contribution is 5.06. The van der Waals surface area contributed by atoms with E-state index in [2.05, 4.69) is 11.9 Å². The lowest BCUT2D eigenvalue weighted by molar-refractivity contribution is 0.912. The lowest BCUT2D eigenvalue weighted by atomic mass is 10.4. The van der Waals surface area contributed by atoms with Crippen LogP contribution < -0.4 is 5.32 Å². The molecule has 0 rings (SSSR count). The fourth-order valence-corrected chi connectivity index (χ4v) is 0.415. The number of nitrogens with zero attached hydrogens (tertiary/aromatic N) is 1. The van der Waals surface area contributed by atoms with Gasteiger partial charge in [-0.3, -0.25) is 0 Å². The van der Waals surface area contributed by atoms with Gasteiger partial charge in [-0.1, -0.05) is 12.7 Å². The van der Waals surface area contributed by atoms with Crippen molar-refractivity contribution < 1.29 is 0 Å². The number of nitrogens with one attached hydrogen (secondary N) is 1. The fraction of sp³-hybridized carbons (Fsp3) is 0.286. The maximum absolute atomic E-state index is 8.12. The monoisotopic (exact) mass is 122 g/mol. The van der Waals surface area contributed by atoms with Gasteiger partial charge in [-0.25, -0.2) is 0 Å². The molecule has 2 heteroatoms. The van der Waals surface area contributed by atoms with E-state index in [0.29, 0.717) is 6.54 Å². The molecule has 0 aromatic carbocycles. The minimum atomic E-state index is 0.357. The molecule has 1 N–H and O–H groups in total. The zero-order chi connectivity index (χ0) is 7.11. The van der Waals surface area contributed by atoms with Crippen LogP contribution in [0.5, 0.6) is 0 Å². The van der Waals surface area contributed by atoms with Crippen molar-refractivity contribution in [2.24, 2.45) is 0 Å². The molecule has 0 aliphatic heterocycles. The van der Waals surface area contributed by atoms with E-state index in [1.165, 1.54) is 0 Å². The predicted molar refractivity (Wildman–Crippen MR) is 37.6 cm³/mol. The van der Waals surface area contributed by atoms with Crippen LogP contribution in [-0.2, 0) is 0 Å². The van der Waals surface area contributed by atoms with Gasteiger partial charge in [0, 0.05) is 5.70 Å². The number of allylic oxidation sites excluding steroid dienone is 3. The quantitative estimate of drug-likeness (QED) is 0.451. The SMILES string of the molecule is C=C/C=C(/C)NCC#N. The van der Waals surface area contributed by atoms with Gasteiger partial charge in [0.2, 0.25) is 0 Å². The smallest absolute Gasteiger partial charge is 0.103 e. The van der Waals surface area contributed by atoms with E-state index in [1.54, 1.807) is 6.08 Å². The van der Waals surface area contributed by atoms with E-state index in [1.807, 2.05) is 19.1 Å². The first-order chi connectivity index (χ1) is 4.31. The summed E-state index contributed by atoms with van der Waals surface area (Å²) in [6, 6.07) is 1.97. The second-order valence-corrected chi connectivity index (χ2v) is 1.60. The molecule has 0 aromatic rings. The fourth-order valence-electron chi connectivity index (χ4n) is 0.415. The minimum Gasteiger partial charge on any atom is -0.376 e. The molecule has 0 fully saturated rings. The Kier molecular flexibility index (Phi) is 4.25. The van der Waals surface area contributed by atoms with Crippen LogP contribution in [0.25, 0.3) is 0 Å². The summed E-state index contributed by atoms with van der Waals surface area (Å²) in [5.74, 6) is 0. The Hall–Kier alpha value is -1.23. The van der Waals surface area contributed by atoms with Gasteiger partial charge in [0.15, 0.2) is 0 Å². The summed E-state index contributed by atoms with van der Waals surface area (Å²) in [5, 5.41) is 11.0. The predicted octanol–water partition coefficient (Wildman–Crippen LogP) is 1.19. The largest absolute Gasteiger partial charge is 0.376 e. The van der Waals surface area contributed by atoms with Gasteiger partial charge in [-0.05, 0) is 13.0 Å². The van der Waals surface area contributed by atoms with Crippen molar-refractivity contribution in [1.82, 2.24) is 5.32 Å². The first kappa shape index (κ1) is 7.77. The summed E-state index contributed by atoms with van der Waals surface area (Å²) >= 11 is 0. The van der Waals surface area contributed by atoms with Gasteiger partial charge >= 0.3 is 0 Å². The molecule has 0 aliphatic carbocycles. The van der Waals surface area contributed by atoms with Crippen molar-refractivity contribution in [3.8, 4) is 6.07 Å². The summed E-state index contributed by atoms with van der Waals surface area (Å²) < 4.78 is 0. The molecule has 0 saturated carbocycles. The second-order valence-electron chi connectivity index (χ2n) is 1.60. The lowest BCUT2D eigenvalue weighted by Gasteiger charge is -1.96. The molecule has 0 spiro atoms. The highest BCUT2D eigenvalue weighted by Gasteiger charge is 1.80. The van der Waals surface area contributed by atoms with Crippen LogP contribution in [0.2, 0.25) is 0 Å². The third kappa shape index (κ3) is 4.63. The summed E-state index contributed by atoms with van der Waals surface area (Å²) in [7, 11) is 0. The lowest BCUT2D eigenvalue weighted by Crippen LogP contribution is -2.09. The van der Waals surface area contributed by atoms with E-state index < -0.39 is 0 Å². The van der Waals surface area contributed by atoms with Gasteiger partial charge < -0.3 is 5.32 Å². The first-order valence-electron chi connectivity index (χ1n) is 2.71. The van der Waals surface area contributed by atoms with Crippen molar-refractivity contribution in [3.63, 3.8) is 0 Å². The van der Waals surface area contributed by atoms with Crippen LogP contribution in [0.4, 0.5) is 0 Å². The van der Waals surface area contributed by atoms with Crippen molar-refractivity contribution in [2.45, 2.75) is 6.92 Å². The molecule has 0 aliphatic rings. The van der Waals surface area contributed by atoms with Gasteiger partial charge in [-0.2, -0.15) is 5.26 Å².